The van der Waals surface area contributed by atoms with Gasteiger partial charge >= 0.3 is 0 Å². The van der Waals surface area contributed by atoms with Crippen LogP contribution in [0.3, 0.4) is 0 Å². The monoisotopic (exact) mass is 927 g/mol. The van der Waals surface area contributed by atoms with Gasteiger partial charge in [0.05, 0.1) is 39.9 Å². The Balaban J connectivity index is 4.02. The minimum Gasteiger partial charge on any atom is -0.756 e. The average molecular weight is 927 g/mol. The average Bonchev–Trinajstić information content (AvgIpc) is 3.25. The van der Waals surface area contributed by atoms with Crippen molar-refractivity contribution in [1.82, 2.24) is 5.32 Å². The maximum atomic E-state index is 12.9. The normalized spacial score (nSPS) is 14.0. The van der Waals surface area contributed by atoms with E-state index in [0.717, 1.165) is 38.5 Å². The number of likely N-dealkylation sites (N-methyl/N-ethyl adjacent to an activating group) is 1. The third-order valence-corrected chi connectivity index (χ3v) is 14.0. The molecule has 0 heterocycles. The summed E-state index contributed by atoms with van der Waals surface area (Å²) in [7, 11) is 1.27. The SMILES string of the molecule is CCCCCCCCCCCCCCCCCCCCCCCCCCCCCCC/C=C/C(O)C(COP(=O)([O-])OCC[N+](C)(C)C)NC(=O)CCCCCCCCCCCCC. The number of hydrogen-bond acceptors (Lipinski definition) is 6. The Morgan fingerprint density at radius 2 is 0.844 bits per heavy atom. The minimum atomic E-state index is -4.59. The zero-order chi connectivity index (χ0) is 47.1. The number of phosphoric acid groups is 1. The maximum absolute atomic E-state index is 12.9. The summed E-state index contributed by atoms with van der Waals surface area (Å²) in [5, 5.41) is 13.8. The van der Waals surface area contributed by atoms with Crippen molar-refractivity contribution < 1.29 is 32.9 Å². The second-order valence-corrected chi connectivity index (χ2v) is 22.1. The van der Waals surface area contributed by atoms with Crippen LogP contribution in [0.2, 0.25) is 0 Å². The predicted molar refractivity (Wildman–Crippen MR) is 275 cm³/mol. The number of aliphatic hydroxyl groups excluding tert-OH is 1. The van der Waals surface area contributed by atoms with Gasteiger partial charge in [-0.25, -0.2) is 0 Å². The predicted octanol–water partition coefficient (Wildman–Crippen LogP) is 16.0. The lowest BCUT2D eigenvalue weighted by atomic mass is 10.0. The molecule has 0 saturated heterocycles. The van der Waals surface area contributed by atoms with Gasteiger partial charge in [-0.3, -0.25) is 9.36 Å². The largest absolute Gasteiger partial charge is 0.756 e. The summed E-state index contributed by atoms with van der Waals surface area (Å²) >= 11 is 0. The topological polar surface area (TPSA) is 108 Å². The summed E-state index contributed by atoms with van der Waals surface area (Å²) in [5.41, 5.74) is 0. The van der Waals surface area contributed by atoms with Gasteiger partial charge in [0.15, 0.2) is 0 Å². The maximum Gasteiger partial charge on any atom is 0.268 e. The van der Waals surface area contributed by atoms with Gasteiger partial charge in [0.1, 0.15) is 13.2 Å². The standard InChI is InChI=1S/C55H111N2O6P/c1-6-8-10-12-14-16-18-19-20-21-22-23-24-25-26-27-28-29-30-31-32-33-34-35-36-37-39-40-42-44-46-48-54(58)53(52-63-64(60,61)62-51-50-57(3,4)5)56-55(59)49-47-45-43-41-38-17-15-13-11-9-7-2/h46,48,53-54,58H,6-45,47,49-52H2,1-5H3,(H-,56,59,60,61)/b48-46+. The quantitative estimate of drug-likeness (QED) is 0.0272. The number of nitrogens with zero attached hydrogens (tertiary/aromatic N) is 1. The molecular weight excluding hydrogens is 816 g/mol. The molecular formula is C55H111N2O6P. The first-order valence-electron chi connectivity index (χ1n) is 28.1. The molecule has 0 saturated carbocycles. The van der Waals surface area contributed by atoms with Crippen LogP contribution in [0.1, 0.15) is 284 Å². The Kier molecular flexibility index (Phi) is 46.8. The first-order chi connectivity index (χ1) is 31.0. The van der Waals surface area contributed by atoms with E-state index in [1.165, 1.54) is 225 Å². The molecule has 0 aliphatic carbocycles. The van der Waals surface area contributed by atoms with Crippen LogP contribution in [0.15, 0.2) is 12.2 Å². The van der Waals surface area contributed by atoms with E-state index in [1.54, 1.807) is 6.08 Å². The van der Waals surface area contributed by atoms with E-state index < -0.39 is 20.0 Å². The van der Waals surface area contributed by atoms with Crippen LogP contribution in [0, 0.1) is 0 Å². The van der Waals surface area contributed by atoms with Gasteiger partial charge < -0.3 is 28.8 Å². The lowest BCUT2D eigenvalue weighted by Crippen LogP contribution is -2.45. The third-order valence-electron chi connectivity index (χ3n) is 13.0. The molecule has 0 aliphatic rings. The van der Waals surface area contributed by atoms with E-state index >= 15 is 0 Å². The number of aliphatic hydroxyl groups is 1. The van der Waals surface area contributed by atoms with Crippen LogP contribution in [0.5, 0.6) is 0 Å². The molecule has 64 heavy (non-hydrogen) atoms. The summed E-state index contributed by atoms with van der Waals surface area (Å²) in [6.45, 7) is 4.67. The number of quaternary nitrogens is 1. The zero-order valence-corrected chi connectivity index (χ0v) is 44.4. The van der Waals surface area contributed by atoms with Gasteiger partial charge in [0.2, 0.25) is 5.91 Å². The van der Waals surface area contributed by atoms with E-state index in [4.69, 9.17) is 9.05 Å². The zero-order valence-electron chi connectivity index (χ0n) is 43.5. The fourth-order valence-corrected chi connectivity index (χ4v) is 9.29. The molecule has 0 aliphatic heterocycles. The Morgan fingerprint density at radius 1 is 0.531 bits per heavy atom. The van der Waals surface area contributed by atoms with Crippen molar-refractivity contribution in [1.29, 1.82) is 0 Å². The molecule has 0 bridgehead atoms. The molecule has 0 fully saturated rings. The lowest BCUT2D eigenvalue weighted by Gasteiger charge is -2.29. The number of phosphoric ester groups is 1. The van der Waals surface area contributed by atoms with Crippen molar-refractivity contribution >= 4 is 13.7 Å². The minimum absolute atomic E-state index is 0.00228. The highest BCUT2D eigenvalue weighted by molar-refractivity contribution is 7.45. The molecule has 0 aromatic rings. The van der Waals surface area contributed by atoms with Gasteiger partial charge in [0, 0.05) is 6.42 Å². The molecule has 382 valence electrons. The van der Waals surface area contributed by atoms with Crippen LogP contribution in [-0.2, 0) is 18.4 Å². The van der Waals surface area contributed by atoms with Crippen molar-refractivity contribution in [3.8, 4) is 0 Å². The van der Waals surface area contributed by atoms with Crippen molar-refractivity contribution in [2.45, 2.75) is 296 Å². The number of carbonyl (C=O) groups is 1. The number of amides is 1. The highest BCUT2D eigenvalue weighted by Gasteiger charge is 2.23. The second-order valence-electron chi connectivity index (χ2n) is 20.7. The van der Waals surface area contributed by atoms with Gasteiger partial charge in [-0.05, 0) is 19.3 Å². The molecule has 8 nitrogen and oxygen atoms in total. The molecule has 0 spiro atoms. The molecule has 3 unspecified atom stereocenters. The van der Waals surface area contributed by atoms with Crippen LogP contribution >= 0.6 is 7.82 Å². The summed E-state index contributed by atoms with van der Waals surface area (Å²) in [6, 6.07) is -0.880. The molecule has 3 atom stereocenters. The number of nitrogens with one attached hydrogen (secondary N) is 1. The number of rotatable bonds is 52. The lowest BCUT2D eigenvalue weighted by molar-refractivity contribution is -0.870. The molecule has 0 radical (unpaired) electrons. The Morgan fingerprint density at radius 3 is 1.17 bits per heavy atom. The highest BCUT2D eigenvalue weighted by atomic mass is 31.2. The molecule has 0 aromatic heterocycles. The van der Waals surface area contributed by atoms with Gasteiger partial charge in [0.25, 0.3) is 7.82 Å². The smallest absolute Gasteiger partial charge is 0.268 e. The van der Waals surface area contributed by atoms with Crippen molar-refractivity contribution in [2.75, 3.05) is 40.9 Å². The van der Waals surface area contributed by atoms with Crippen LogP contribution in [0.25, 0.3) is 0 Å². The third kappa shape index (κ3) is 49.2. The van der Waals surface area contributed by atoms with Gasteiger partial charge in [-0.15, -0.1) is 0 Å². The van der Waals surface area contributed by atoms with Crippen molar-refractivity contribution in [3.63, 3.8) is 0 Å². The van der Waals surface area contributed by atoms with Crippen LogP contribution in [-0.4, -0.2) is 68.5 Å². The van der Waals surface area contributed by atoms with Gasteiger partial charge in [-0.1, -0.05) is 270 Å². The molecule has 0 rings (SSSR count). The fourth-order valence-electron chi connectivity index (χ4n) is 8.57. The van der Waals surface area contributed by atoms with E-state index in [1.807, 2.05) is 27.2 Å². The second kappa shape index (κ2) is 47.3. The Hall–Kier alpha value is -0.760. The number of allylic oxidation sites excluding steroid dienone is 1. The Bertz CT molecular complexity index is 1050. The van der Waals surface area contributed by atoms with E-state index in [2.05, 4.69) is 19.2 Å². The first kappa shape index (κ1) is 63.2. The Labute approximate surface area is 399 Å². The van der Waals surface area contributed by atoms with Gasteiger partial charge in [-0.2, -0.15) is 0 Å². The van der Waals surface area contributed by atoms with Crippen molar-refractivity contribution in [3.05, 3.63) is 12.2 Å². The van der Waals surface area contributed by atoms with Crippen molar-refractivity contribution in [2.24, 2.45) is 0 Å². The number of hydrogen-bond donors (Lipinski definition) is 2. The van der Waals surface area contributed by atoms with Crippen LogP contribution in [0.4, 0.5) is 0 Å². The van der Waals surface area contributed by atoms with E-state index in [9.17, 15) is 19.4 Å². The molecule has 1 amide bonds. The fraction of sp³-hybridized carbons (Fsp3) is 0.945. The van der Waals surface area contributed by atoms with E-state index in [-0.39, 0.29) is 19.1 Å². The molecule has 2 N–H and O–H groups in total. The number of carbonyl (C=O) groups excluding carboxylic acids is 1. The summed E-state index contributed by atoms with van der Waals surface area (Å²) < 4.78 is 23.3. The number of unbranched alkanes of at least 4 members (excludes halogenated alkanes) is 39. The van der Waals surface area contributed by atoms with Crippen LogP contribution < -0.4 is 10.2 Å². The summed E-state index contributed by atoms with van der Waals surface area (Å²) in [6.07, 6.45) is 57.3. The van der Waals surface area contributed by atoms with E-state index in [0.29, 0.717) is 17.4 Å². The highest BCUT2D eigenvalue weighted by Crippen LogP contribution is 2.38. The first-order valence-corrected chi connectivity index (χ1v) is 29.5. The molecule has 0 aromatic carbocycles. The molecule has 9 heteroatoms. The summed E-state index contributed by atoms with van der Waals surface area (Å²) in [5.74, 6) is -0.195. The summed E-state index contributed by atoms with van der Waals surface area (Å²) in [4.78, 5) is 25.3.